The predicted molar refractivity (Wildman–Crippen MR) is 116 cm³/mol. The van der Waals surface area contributed by atoms with E-state index in [2.05, 4.69) is 32.3 Å². The summed E-state index contributed by atoms with van der Waals surface area (Å²) in [6.45, 7) is 6.66. The summed E-state index contributed by atoms with van der Waals surface area (Å²) >= 11 is 0. The Morgan fingerprint density at radius 2 is 2.03 bits per heavy atom. The van der Waals surface area contributed by atoms with Crippen molar-refractivity contribution in [3.05, 3.63) is 53.6 Å². The quantitative estimate of drug-likeness (QED) is 0.752. The van der Waals surface area contributed by atoms with Gasteiger partial charge >= 0.3 is 0 Å². The van der Waals surface area contributed by atoms with Gasteiger partial charge < -0.3 is 20.7 Å². The molecule has 4 rings (SSSR count). The summed E-state index contributed by atoms with van der Waals surface area (Å²) < 4.78 is 19.2. The number of benzene rings is 1. The smallest absolute Gasteiger partial charge is 0.211 e. The second-order valence-electron chi connectivity index (χ2n) is 7.68. The SMILES string of the molecule is CC1(c2cc(NC=O)ccc2F)COCC(N)=N1.Cc1ccc(N2CCCC2)cn1. The van der Waals surface area contributed by atoms with E-state index in [0.717, 1.165) is 5.69 Å². The largest absolute Gasteiger partial charge is 0.386 e. The molecule has 1 unspecified atom stereocenters. The first-order valence-corrected chi connectivity index (χ1v) is 10.0. The van der Waals surface area contributed by atoms with Gasteiger partial charge in [-0.15, -0.1) is 0 Å². The van der Waals surface area contributed by atoms with E-state index in [-0.39, 0.29) is 13.2 Å². The van der Waals surface area contributed by atoms with Crippen molar-refractivity contribution in [1.82, 2.24) is 4.98 Å². The molecule has 0 saturated carbocycles. The third-order valence-electron chi connectivity index (χ3n) is 5.16. The fourth-order valence-corrected chi connectivity index (χ4v) is 3.59. The van der Waals surface area contributed by atoms with E-state index >= 15 is 0 Å². The van der Waals surface area contributed by atoms with Crippen LogP contribution in [0.15, 0.2) is 41.5 Å². The van der Waals surface area contributed by atoms with Crippen LogP contribution >= 0.6 is 0 Å². The Labute approximate surface area is 176 Å². The highest BCUT2D eigenvalue weighted by molar-refractivity contribution is 5.82. The molecule has 1 fully saturated rings. The molecule has 30 heavy (non-hydrogen) atoms. The number of pyridine rings is 1. The third kappa shape index (κ3) is 5.33. The van der Waals surface area contributed by atoms with E-state index in [4.69, 9.17) is 10.5 Å². The third-order valence-corrected chi connectivity index (χ3v) is 5.16. The van der Waals surface area contributed by atoms with Crippen LogP contribution in [-0.4, -0.2) is 43.5 Å². The number of amides is 1. The van der Waals surface area contributed by atoms with Crippen LogP contribution in [0.2, 0.25) is 0 Å². The lowest BCUT2D eigenvalue weighted by Crippen LogP contribution is -2.38. The van der Waals surface area contributed by atoms with Gasteiger partial charge in [-0.2, -0.15) is 0 Å². The highest BCUT2D eigenvalue weighted by Crippen LogP contribution is 2.32. The highest BCUT2D eigenvalue weighted by atomic mass is 19.1. The maximum atomic E-state index is 13.9. The Morgan fingerprint density at radius 3 is 2.67 bits per heavy atom. The van der Waals surface area contributed by atoms with Crippen LogP contribution in [0.25, 0.3) is 0 Å². The molecule has 160 valence electrons. The lowest BCUT2D eigenvalue weighted by atomic mass is 9.92. The van der Waals surface area contributed by atoms with Crippen LogP contribution < -0.4 is 16.0 Å². The normalized spacial score (nSPS) is 20.8. The fourth-order valence-electron chi connectivity index (χ4n) is 3.59. The van der Waals surface area contributed by atoms with Gasteiger partial charge in [-0.05, 0) is 57.0 Å². The molecule has 1 amide bonds. The Hall–Kier alpha value is -3.00. The van der Waals surface area contributed by atoms with Gasteiger partial charge in [0.1, 0.15) is 23.8 Å². The summed E-state index contributed by atoms with van der Waals surface area (Å²) in [6, 6.07) is 8.54. The number of rotatable bonds is 4. The second kappa shape index (κ2) is 9.67. The summed E-state index contributed by atoms with van der Waals surface area (Å²) in [5, 5.41) is 2.47. The van der Waals surface area contributed by atoms with E-state index in [9.17, 15) is 9.18 Å². The van der Waals surface area contributed by atoms with Crippen LogP contribution in [0.4, 0.5) is 15.8 Å². The molecule has 0 radical (unpaired) electrons. The number of hydrogen-bond donors (Lipinski definition) is 2. The zero-order chi connectivity index (χ0) is 21.6. The summed E-state index contributed by atoms with van der Waals surface area (Å²) in [4.78, 5) is 21.3. The van der Waals surface area contributed by atoms with Crippen molar-refractivity contribution < 1.29 is 13.9 Å². The maximum absolute atomic E-state index is 13.9. The standard InChI is InChI=1S/C12H14FN3O2.C10H14N2/c1-12(6-18-5-11(14)16-12)9-4-8(15-7-17)2-3-10(9)13;1-9-4-5-10(8-11-9)12-6-2-3-7-12/h2-4,7H,5-6H2,1H3,(H2,14,16)(H,15,17);4-5,8H,2-3,6-7H2,1H3. The van der Waals surface area contributed by atoms with Crippen molar-refractivity contribution in [2.45, 2.75) is 32.2 Å². The van der Waals surface area contributed by atoms with Crippen LogP contribution in [0.1, 0.15) is 31.0 Å². The first-order chi connectivity index (χ1) is 14.4. The second-order valence-corrected chi connectivity index (χ2v) is 7.68. The molecule has 2 aliphatic rings. The molecule has 0 spiro atoms. The number of anilines is 2. The molecule has 2 aromatic rings. The number of hydrogen-bond acceptors (Lipinski definition) is 6. The lowest BCUT2D eigenvalue weighted by Gasteiger charge is -2.30. The minimum atomic E-state index is -0.868. The number of aromatic nitrogens is 1. The number of aliphatic imine (C=N–C) groups is 1. The molecule has 8 heteroatoms. The zero-order valence-electron chi connectivity index (χ0n) is 17.4. The monoisotopic (exact) mass is 413 g/mol. The van der Waals surface area contributed by atoms with E-state index in [1.807, 2.05) is 13.1 Å². The van der Waals surface area contributed by atoms with Crippen molar-refractivity contribution in [2.24, 2.45) is 10.7 Å². The van der Waals surface area contributed by atoms with Gasteiger partial charge in [0.2, 0.25) is 6.41 Å². The van der Waals surface area contributed by atoms with Gasteiger partial charge in [-0.25, -0.2) is 4.39 Å². The molecule has 1 aromatic carbocycles. The molecule has 2 aliphatic heterocycles. The van der Waals surface area contributed by atoms with E-state index in [1.165, 1.54) is 49.8 Å². The Balaban J connectivity index is 0.000000184. The van der Waals surface area contributed by atoms with Gasteiger partial charge in [0.15, 0.2) is 0 Å². The summed E-state index contributed by atoms with van der Waals surface area (Å²) in [7, 11) is 0. The van der Waals surface area contributed by atoms with E-state index < -0.39 is 11.4 Å². The van der Waals surface area contributed by atoms with Crippen molar-refractivity contribution >= 4 is 23.6 Å². The van der Waals surface area contributed by atoms with E-state index in [0.29, 0.717) is 23.5 Å². The minimum absolute atomic E-state index is 0.245. The number of carbonyl (C=O) groups is 1. The molecule has 1 aromatic heterocycles. The van der Waals surface area contributed by atoms with Crippen LogP contribution in [-0.2, 0) is 15.1 Å². The number of halogens is 1. The Morgan fingerprint density at radius 1 is 1.27 bits per heavy atom. The van der Waals surface area contributed by atoms with Gasteiger partial charge in [-0.3, -0.25) is 14.8 Å². The molecule has 1 saturated heterocycles. The summed E-state index contributed by atoms with van der Waals surface area (Å²) in [5.74, 6) is -0.0760. The predicted octanol–water partition coefficient (Wildman–Crippen LogP) is 2.99. The number of ether oxygens (including phenoxy) is 1. The molecule has 3 N–H and O–H groups in total. The van der Waals surface area contributed by atoms with E-state index in [1.54, 1.807) is 6.92 Å². The Bertz CT molecular complexity index is 897. The number of nitrogens with zero attached hydrogens (tertiary/aromatic N) is 3. The van der Waals surface area contributed by atoms with Gasteiger partial charge in [0, 0.05) is 30.0 Å². The molecule has 0 bridgehead atoms. The number of amidine groups is 1. The van der Waals surface area contributed by atoms with Crippen molar-refractivity contribution in [3.8, 4) is 0 Å². The average Bonchev–Trinajstić information content (AvgIpc) is 3.25. The maximum Gasteiger partial charge on any atom is 0.211 e. The van der Waals surface area contributed by atoms with Crippen molar-refractivity contribution in [3.63, 3.8) is 0 Å². The molecular weight excluding hydrogens is 385 g/mol. The minimum Gasteiger partial charge on any atom is -0.386 e. The molecule has 1 atom stereocenters. The first-order valence-electron chi connectivity index (χ1n) is 10.0. The Kier molecular flexibility index (Phi) is 6.99. The van der Waals surface area contributed by atoms with Gasteiger partial charge in [0.05, 0.1) is 18.5 Å². The molecule has 7 nitrogen and oxygen atoms in total. The number of nitrogens with one attached hydrogen (secondary N) is 1. The van der Waals surface area contributed by atoms with Crippen molar-refractivity contribution in [2.75, 3.05) is 36.5 Å². The van der Waals surface area contributed by atoms with Crippen LogP contribution in [0.5, 0.6) is 0 Å². The van der Waals surface area contributed by atoms with Gasteiger partial charge in [-0.1, -0.05) is 0 Å². The number of aryl methyl sites for hydroxylation is 1. The lowest BCUT2D eigenvalue weighted by molar-refractivity contribution is -0.105. The van der Waals surface area contributed by atoms with Gasteiger partial charge in [0.25, 0.3) is 0 Å². The molecule has 0 aliphatic carbocycles. The van der Waals surface area contributed by atoms with Crippen molar-refractivity contribution in [1.29, 1.82) is 0 Å². The first kappa shape index (κ1) is 21.7. The average molecular weight is 413 g/mol. The summed E-state index contributed by atoms with van der Waals surface area (Å²) in [6.07, 6.45) is 5.16. The zero-order valence-corrected chi connectivity index (χ0v) is 17.4. The molecular formula is C22H28FN5O2. The number of carbonyl (C=O) groups excluding carboxylic acids is 1. The fraction of sp³-hybridized carbons (Fsp3) is 0.409. The summed E-state index contributed by atoms with van der Waals surface area (Å²) in [5.41, 5.74) is 7.97. The topological polar surface area (TPSA) is 92.8 Å². The van der Waals surface area contributed by atoms with Crippen LogP contribution in [0.3, 0.4) is 0 Å². The van der Waals surface area contributed by atoms with Crippen LogP contribution in [0, 0.1) is 12.7 Å². The molecule has 3 heterocycles. The highest BCUT2D eigenvalue weighted by Gasteiger charge is 2.32. The number of nitrogens with two attached hydrogens (primary N) is 1.